The molecule has 2 fully saturated rings. The number of carbonyl (C=O) groups is 4. The van der Waals surface area contributed by atoms with Crippen LogP contribution >= 0.6 is 0 Å². The van der Waals surface area contributed by atoms with Crippen molar-refractivity contribution in [3.8, 4) is 11.3 Å². The molecule has 0 bridgehead atoms. The minimum absolute atomic E-state index is 0.0976. The highest BCUT2D eigenvalue weighted by Crippen LogP contribution is 2.33. The molecular weight excluding hydrogens is 933 g/mol. The maximum atomic E-state index is 14.4. The van der Waals surface area contributed by atoms with Gasteiger partial charge < -0.3 is 20.1 Å². The Morgan fingerprint density at radius 1 is 0.592 bits per heavy atom. The molecule has 0 radical (unpaired) electrons. The third-order valence-corrected chi connectivity index (χ3v) is 17.3. The number of fused-ring (bicyclic) bond motifs is 1. The van der Waals surface area contributed by atoms with Crippen LogP contribution in [0.3, 0.4) is 0 Å². The number of nitrogens with one attached hydrogen (secondary N) is 2. The second kappa shape index (κ2) is 20.7. The van der Waals surface area contributed by atoms with Crippen LogP contribution in [0, 0.1) is 13.8 Å². The number of nitrogens with zero attached hydrogens (tertiary/aromatic N) is 2. The van der Waals surface area contributed by atoms with Crippen molar-refractivity contribution in [2.24, 2.45) is 0 Å². The van der Waals surface area contributed by atoms with Crippen LogP contribution in [-0.4, -0.2) is 91.8 Å². The highest BCUT2D eigenvalue weighted by Gasteiger charge is 2.41. The Bertz CT molecular complexity index is 3310. The fourth-order valence-corrected chi connectivity index (χ4v) is 12.9. The maximum absolute atomic E-state index is 14.4. The zero-order valence-corrected chi connectivity index (χ0v) is 41.3. The highest BCUT2D eigenvalue weighted by molar-refractivity contribution is 7.91. The molecule has 2 aliphatic rings. The summed E-state index contributed by atoms with van der Waals surface area (Å²) in [6.07, 6.45) is 2.27. The molecule has 2 N–H and O–H groups in total. The number of aromatic nitrogens is 1. The number of amides is 3. The van der Waals surface area contributed by atoms with E-state index in [2.05, 4.69) is 10.3 Å². The van der Waals surface area contributed by atoms with Crippen LogP contribution in [0.4, 0.5) is 5.69 Å². The van der Waals surface area contributed by atoms with Crippen molar-refractivity contribution >= 4 is 59.8 Å². The first kappa shape index (κ1) is 48.8. The molecule has 7 aromatic rings. The van der Waals surface area contributed by atoms with E-state index in [0.29, 0.717) is 55.6 Å². The van der Waals surface area contributed by atoms with E-state index in [4.69, 9.17) is 0 Å². The molecule has 3 amide bonds. The van der Waals surface area contributed by atoms with E-state index in [1.54, 1.807) is 114 Å². The Morgan fingerprint density at radius 2 is 1.08 bits per heavy atom. The molecule has 0 unspecified atom stereocenters. The maximum Gasteiger partial charge on any atom is 0.247 e. The van der Waals surface area contributed by atoms with Gasteiger partial charge in [-0.1, -0.05) is 114 Å². The van der Waals surface area contributed by atoms with Crippen LogP contribution in [0.1, 0.15) is 65.3 Å². The van der Waals surface area contributed by atoms with E-state index in [0.717, 1.165) is 38.9 Å². The van der Waals surface area contributed by atoms with Crippen molar-refractivity contribution in [3.05, 3.63) is 186 Å². The second-order valence-corrected chi connectivity index (χ2v) is 22.9. The van der Waals surface area contributed by atoms with Gasteiger partial charge in [0.05, 0.1) is 39.2 Å². The molecule has 1 aromatic heterocycles. The number of hydrogen-bond donors (Lipinski definition) is 2. The predicted molar refractivity (Wildman–Crippen MR) is 275 cm³/mol. The first-order valence-electron chi connectivity index (χ1n) is 24.0. The predicted octanol–water partition coefficient (Wildman–Crippen LogP) is 9.00. The lowest BCUT2D eigenvalue weighted by molar-refractivity contribution is -0.138. The van der Waals surface area contributed by atoms with Gasteiger partial charge in [-0.3, -0.25) is 19.2 Å². The van der Waals surface area contributed by atoms with Gasteiger partial charge in [0.15, 0.2) is 25.5 Å². The van der Waals surface area contributed by atoms with Gasteiger partial charge in [0.25, 0.3) is 0 Å². The zero-order valence-electron chi connectivity index (χ0n) is 39.7. The van der Waals surface area contributed by atoms with Crippen molar-refractivity contribution in [3.63, 3.8) is 0 Å². The van der Waals surface area contributed by atoms with Crippen molar-refractivity contribution in [2.45, 2.75) is 79.7 Å². The Morgan fingerprint density at radius 3 is 1.61 bits per heavy atom. The molecule has 364 valence electrons. The third-order valence-electron chi connectivity index (χ3n) is 13.8. The molecular formula is C57H56N4O8S2. The molecule has 12 nitrogen and oxygen atoms in total. The molecule has 14 heteroatoms. The van der Waals surface area contributed by atoms with E-state index in [9.17, 15) is 36.0 Å². The number of sulfone groups is 2. The van der Waals surface area contributed by atoms with Gasteiger partial charge in [-0.05, 0) is 116 Å². The number of aromatic amines is 1. The monoisotopic (exact) mass is 988 g/mol. The summed E-state index contributed by atoms with van der Waals surface area (Å²) in [4.78, 5) is 63.4. The summed E-state index contributed by atoms with van der Waals surface area (Å²) in [5.41, 5.74) is 6.87. The molecule has 0 saturated carbocycles. The van der Waals surface area contributed by atoms with Gasteiger partial charge in [0.2, 0.25) is 17.7 Å². The topological polar surface area (TPSA) is 171 Å². The summed E-state index contributed by atoms with van der Waals surface area (Å²) in [7, 11) is -7.69. The Balaban J connectivity index is 0.850. The van der Waals surface area contributed by atoms with Gasteiger partial charge in [0, 0.05) is 41.8 Å². The Kier molecular flexibility index (Phi) is 14.2. The lowest BCUT2D eigenvalue weighted by atomic mass is 9.97. The fraction of sp³-hybridized carbons (Fsp3) is 0.263. The summed E-state index contributed by atoms with van der Waals surface area (Å²) in [6.45, 7) is 4.45. The SMILES string of the molecule is Cc1ccc(S(=O)(=O)C[C@@H](C(=O)N2CCC[C@H]2C(=O)Cc2ccc3[nH]c(-c4ccc(NC(=O)[C@@H]5CCCN5C(=O)[C@H](CS(=O)(=O)c5ccc(C)cc5)c5ccccc5)cc4)cc3c2)c2ccccc2)cc1. The molecule has 0 spiro atoms. The van der Waals surface area contributed by atoms with E-state index >= 15 is 0 Å². The Hall–Kier alpha value is -7.16. The zero-order chi connectivity index (χ0) is 49.9. The summed E-state index contributed by atoms with van der Waals surface area (Å²) in [5.74, 6) is -4.05. The van der Waals surface area contributed by atoms with Crippen molar-refractivity contribution < 1.29 is 36.0 Å². The van der Waals surface area contributed by atoms with Crippen molar-refractivity contribution in [1.29, 1.82) is 0 Å². The quantitative estimate of drug-likeness (QED) is 0.0967. The van der Waals surface area contributed by atoms with Gasteiger partial charge in [0.1, 0.15) is 6.04 Å². The van der Waals surface area contributed by atoms with E-state index in [1.807, 2.05) is 62.4 Å². The molecule has 4 atom stereocenters. The second-order valence-electron chi connectivity index (χ2n) is 18.8. The number of H-pyrrole nitrogens is 1. The third kappa shape index (κ3) is 10.9. The van der Waals surface area contributed by atoms with Crippen LogP contribution in [0.15, 0.2) is 168 Å². The highest BCUT2D eigenvalue weighted by atomic mass is 32.2. The Labute approximate surface area is 414 Å². The van der Waals surface area contributed by atoms with Gasteiger partial charge in [-0.25, -0.2) is 16.8 Å². The largest absolute Gasteiger partial charge is 0.355 e. The lowest BCUT2D eigenvalue weighted by Crippen LogP contribution is -2.46. The molecule has 2 saturated heterocycles. The van der Waals surface area contributed by atoms with E-state index in [-0.39, 0.29) is 33.8 Å². The first-order chi connectivity index (χ1) is 34.1. The number of rotatable bonds is 16. The average Bonchev–Trinajstić information content (AvgIpc) is 4.17. The summed E-state index contributed by atoms with van der Waals surface area (Å²) in [6, 6.07) is 44.6. The first-order valence-corrected chi connectivity index (χ1v) is 27.3. The number of ketones is 1. The average molecular weight is 989 g/mol. The van der Waals surface area contributed by atoms with Gasteiger partial charge in [-0.15, -0.1) is 0 Å². The summed E-state index contributed by atoms with van der Waals surface area (Å²) >= 11 is 0. The number of benzene rings is 6. The van der Waals surface area contributed by atoms with Crippen molar-refractivity contribution in [1.82, 2.24) is 14.8 Å². The number of carbonyl (C=O) groups excluding carboxylic acids is 4. The van der Waals surface area contributed by atoms with E-state index < -0.39 is 61.0 Å². The smallest absolute Gasteiger partial charge is 0.247 e. The van der Waals surface area contributed by atoms with Gasteiger partial charge >= 0.3 is 0 Å². The minimum atomic E-state index is -3.85. The van der Waals surface area contributed by atoms with Crippen LogP contribution in [0.2, 0.25) is 0 Å². The van der Waals surface area contributed by atoms with E-state index in [1.165, 1.54) is 4.90 Å². The number of Topliss-reactive ketones (excluding diaryl/α,β-unsaturated/α-hetero) is 1. The van der Waals surface area contributed by atoms with Crippen molar-refractivity contribution in [2.75, 3.05) is 29.9 Å². The standard InChI is InChI=1S/C57H56N4O8S2/c1-38-17-26-46(27-18-38)70(66,67)36-48(41-11-5-3-6-12-41)56(64)60-31-9-15-52(60)54(62)34-40-21-30-50-44(33-40)35-51(59-50)43-22-24-45(25-23-43)58-55(63)53-16-10-32-61(53)57(65)49(42-13-7-4-8-14-42)37-71(68,69)47-28-19-39(2)20-29-47/h3-8,11-14,17-30,33,35,48-49,52-53,59H,9-10,15-16,31-32,34,36-37H2,1-2H3,(H,58,63)/t48-,49-,52+,53+/m1/s1. The normalized spacial score (nSPS) is 17.0. The fourth-order valence-electron chi connectivity index (χ4n) is 9.91. The van der Waals surface area contributed by atoms with Crippen LogP contribution < -0.4 is 5.32 Å². The van der Waals surface area contributed by atoms with Crippen LogP contribution in [0.25, 0.3) is 22.2 Å². The lowest BCUT2D eigenvalue weighted by Gasteiger charge is -2.28. The molecule has 6 aromatic carbocycles. The molecule has 9 rings (SSSR count). The molecule has 3 heterocycles. The van der Waals surface area contributed by atoms with Crippen LogP contribution in [-0.2, 0) is 45.3 Å². The van der Waals surface area contributed by atoms with Crippen LogP contribution in [0.5, 0.6) is 0 Å². The number of aryl methyl sites for hydroxylation is 2. The molecule has 0 aliphatic carbocycles. The minimum Gasteiger partial charge on any atom is -0.355 e. The summed E-state index contributed by atoms with van der Waals surface area (Å²) < 4.78 is 54.6. The number of likely N-dealkylation sites (tertiary alicyclic amines) is 2. The van der Waals surface area contributed by atoms with Gasteiger partial charge in [-0.2, -0.15) is 0 Å². The number of hydrogen-bond acceptors (Lipinski definition) is 8. The molecule has 2 aliphatic heterocycles. The summed E-state index contributed by atoms with van der Waals surface area (Å²) in [5, 5.41) is 3.87. The number of anilines is 1. The molecule has 71 heavy (non-hydrogen) atoms.